The second-order valence-electron chi connectivity index (χ2n) is 5.18. The Labute approximate surface area is 142 Å². The van der Waals surface area contributed by atoms with Gasteiger partial charge in [0.2, 0.25) is 0 Å². The van der Waals surface area contributed by atoms with E-state index in [1.807, 2.05) is 48.5 Å². The van der Waals surface area contributed by atoms with E-state index in [0.717, 1.165) is 20.9 Å². The molecular formula is C18H16BrFN2O. The molecule has 0 atom stereocenters. The highest BCUT2D eigenvalue weighted by Gasteiger charge is 2.18. The number of aliphatic imine (C=N–C) groups is 1. The molecule has 0 radical (unpaired) electrons. The van der Waals surface area contributed by atoms with Crippen LogP contribution in [0.4, 0.5) is 4.39 Å². The smallest absolute Gasteiger partial charge is 0.199 e. The fourth-order valence-electron chi connectivity index (χ4n) is 2.55. The molecule has 0 aliphatic heterocycles. The number of rotatable bonds is 5. The van der Waals surface area contributed by atoms with Crippen molar-refractivity contribution in [2.75, 3.05) is 13.2 Å². The van der Waals surface area contributed by atoms with Crippen LogP contribution < -0.4 is 0 Å². The van der Waals surface area contributed by atoms with Crippen LogP contribution in [-0.2, 0) is 0 Å². The summed E-state index contributed by atoms with van der Waals surface area (Å²) in [5.74, 6) is 0.0703. The summed E-state index contributed by atoms with van der Waals surface area (Å²) in [7, 11) is 0. The average Bonchev–Trinajstić information content (AvgIpc) is 2.88. The minimum absolute atomic E-state index is 0.0703. The van der Waals surface area contributed by atoms with Gasteiger partial charge in [0.15, 0.2) is 5.88 Å². The van der Waals surface area contributed by atoms with Gasteiger partial charge < -0.3 is 10.1 Å². The third-order valence-electron chi connectivity index (χ3n) is 3.59. The van der Waals surface area contributed by atoms with Crippen LogP contribution in [0.15, 0.2) is 58.0 Å². The summed E-state index contributed by atoms with van der Waals surface area (Å²) in [6.45, 7) is -0.0299. The van der Waals surface area contributed by atoms with Gasteiger partial charge in [-0.1, -0.05) is 46.3 Å². The van der Waals surface area contributed by atoms with Crippen molar-refractivity contribution < 1.29 is 9.50 Å². The highest BCUT2D eigenvalue weighted by molar-refractivity contribution is 9.10. The Morgan fingerprint density at radius 2 is 1.96 bits per heavy atom. The lowest BCUT2D eigenvalue weighted by Gasteiger charge is -2.07. The lowest BCUT2D eigenvalue weighted by molar-refractivity contribution is 0.457. The lowest BCUT2D eigenvalue weighted by atomic mass is 10.0. The summed E-state index contributed by atoms with van der Waals surface area (Å²) in [5.41, 5.74) is 3.03. The van der Waals surface area contributed by atoms with Crippen LogP contribution in [0.3, 0.4) is 0 Å². The first kappa shape index (κ1) is 15.7. The molecule has 0 aliphatic carbocycles. The van der Waals surface area contributed by atoms with Gasteiger partial charge in [-0.25, -0.2) is 0 Å². The lowest BCUT2D eigenvalue weighted by Crippen LogP contribution is -2.04. The fraction of sp³-hybridized carbons (Fsp3) is 0.167. The van der Waals surface area contributed by atoms with Crippen LogP contribution in [0.25, 0.3) is 10.9 Å². The monoisotopic (exact) mass is 374 g/mol. The number of hydrogen-bond donors (Lipinski definition) is 2. The van der Waals surface area contributed by atoms with Crippen molar-refractivity contribution in [2.24, 2.45) is 4.99 Å². The van der Waals surface area contributed by atoms with E-state index in [-0.39, 0.29) is 5.88 Å². The van der Waals surface area contributed by atoms with Gasteiger partial charge in [0.25, 0.3) is 0 Å². The summed E-state index contributed by atoms with van der Waals surface area (Å²) < 4.78 is 13.4. The molecule has 0 unspecified atom stereocenters. The summed E-state index contributed by atoms with van der Waals surface area (Å²) in [5, 5.41) is 11.3. The minimum atomic E-state index is -0.406. The normalized spacial score (nSPS) is 12.0. The maximum absolute atomic E-state index is 12.4. The zero-order valence-electron chi connectivity index (χ0n) is 12.4. The van der Waals surface area contributed by atoms with Crippen molar-refractivity contribution in [1.29, 1.82) is 0 Å². The molecule has 3 aromatic rings. The summed E-state index contributed by atoms with van der Waals surface area (Å²) in [6, 6.07) is 15.4. The van der Waals surface area contributed by atoms with E-state index in [1.165, 1.54) is 0 Å². The molecule has 2 aromatic carbocycles. The molecule has 1 heterocycles. The number of nitrogens with zero attached hydrogens (tertiary/aromatic N) is 1. The van der Waals surface area contributed by atoms with Gasteiger partial charge in [0.05, 0.1) is 17.9 Å². The Morgan fingerprint density at radius 1 is 1.17 bits per heavy atom. The molecule has 2 N–H and O–H groups in total. The van der Waals surface area contributed by atoms with E-state index in [9.17, 15) is 9.50 Å². The van der Waals surface area contributed by atoms with Crippen molar-refractivity contribution in [3.63, 3.8) is 0 Å². The number of aromatic amines is 1. The van der Waals surface area contributed by atoms with Crippen molar-refractivity contribution in [3.05, 3.63) is 64.1 Å². The molecule has 0 saturated heterocycles. The van der Waals surface area contributed by atoms with Crippen molar-refractivity contribution >= 4 is 32.5 Å². The molecule has 0 fully saturated rings. The number of nitrogens with one attached hydrogen (secondary N) is 1. The van der Waals surface area contributed by atoms with Crippen molar-refractivity contribution in [2.45, 2.75) is 6.42 Å². The maximum Gasteiger partial charge on any atom is 0.199 e. The van der Waals surface area contributed by atoms with E-state index in [1.54, 1.807) is 0 Å². The number of fused-ring (bicyclic) bond motifs is 1. The van der Waals surface area contributed by atoms with E-state index >= 15 is 0 Å². The highest BCUT2D eigenvalue weighted by atomic mass is 79.9. The molecule has 1 aromatic heterocycles. The molecule has 3 nitrogen and oxygen atoms in total. The molecule has 0 amide bonds. The van der Waals surface area contributed by atoms with E-state index in [0.29, 0.717) is 24.2 Å². The second-order valence-corrected chi connectivity index (χ2v) is 6.09. The molecule has 0 saturated carbocycles. The molecular weight excluding hydrogens is 359 g/mol. The second kappa shape index (κ2) is 6.96. The summed E-state index contributed by atoms with van der Waals surface area (Å²) >= 11 is 3.46. The zero-order chi connectivity index (χ0) is 16.2. The topological polar surface area (TPSA) is 48.4 Å². The van der Waals surface area contributed by atoms with Gasteiger partial charge in [0, 0.05) is 27.5 Å². The largest absolute Gasteiger partial charge is 0.494 e. The van der Waals surface area contributed by atoms with Gasteiger partial charge in [-0.15, -0.1) is 0 Å². The quantitative estimate of drug-likeness (QED) is 0.487. The molecule has 0 bridgehead atoms. The van der Waals surface area contributed by atoms with Crippen LogP contribution >= 0.6 is 15.9 Å². The van der Waals surface area contributed by atoms with Gasteiger partial charge in [-0.2, -0.15) is 0 Å². The Morgan fingerprint density at radius 3 is 2.70 bits per heavy atom. The number of halogens is 2. The standard InChI is InChI=1S/C18H16BrFN2O/c19-13-7-8-15-14(11-13)16(18(23)22-15)17(21-10-4-9-20)12-5-2-1-3-6-12/h1-3,5-8,11,22-23H,4,9-10H2. The first-order valence-corrected chi connectivity index (χ1v) is 8.16. The first-order chi connectivity index (χ1) is 11.2. The number of alkyl halides is 1. The average molecular weight is 375 g/mol. The van der Waals surface area contributed by atoms with Gasteiger partial charge in [-0.3, -0.25) is 9.38 Å². The van der Waals surface area contributed by atoms with Crippen LogP contribution in [0.1, 0.15) is 17.5 Å². The van der Waals surface area contributed by atoms with E-state index in [4.69, 9.17) is 0 Å². The molecule has 23 heavy (non-hydrogen) atoms. The predicted molar refractivity (Wildman–Crippen MR) is 95.2 cm³/mol. The number of aromatic hydroxyl groups is 1. The minimum Gasteiger partial charge on any atom is -0.494 e. The number of H-pyrrole nitrogens is 1. The maximum atomic E-state index is 12.4. The summed E-state index contributed by atoms with van der Waals surface area (Å²) in [4.78, 5) is 7.52. The fourth-order valence-corrected chi connectivity index (χ4v) is 2.91. The van der Waals surface area contributed by atoms with E-state index < -0.39 is 6.67 Å². The molecule has 5 heteroatoms. The zero-order valence-corrected chi connectivity index (χ0v) is 14.0. The number of benzene rings is 2. The van der Waals surface area contributed by atoms with Gasteiger partial charge in [0.1, 0.15) is 0 Å². The Bertz CT molecular complexity index is 843. The Kier molecular flexibility index (Phi) is 4.76. The summed E-state index contributed by atoms with van der Waals surface area (Å²) in [6.07, 6.45) is 0.364. The van der Waals surface area contributed by atoms with Crippen molar-refractivity contribution in [3.8, 4) is 5.88 Å². The Balaban J connectivity index is 2.19. The number of hydrogen-bond acceptors (Lipinski definition) is 2. The van der Waals surface area contributed by atoms with Crippen LogP contribution in [0.2, 0.25) is 0 Å². The SMILES string of the molecule is Oc1[nH]c2ccc(Br)cc2c1C(=NCCCF)c1ccccc1. The van der Waals surface area contributed by atoms with Gasteiger partial charge >= 0.3 is 0 Å². The highest BCUT2D eigenvalue weighted by Crippen LogP contribution is 2.32. The molecule has 3 rings (SSSR count). The third kappa shape index (κ3) is 3.29. The Hall–Kier alpha value is -2.14. The van der Waals surface area contributed by atoms with Crippen LogP contribution in [-0.4, -0.2) is 29.0 Å². The molecule has 0 spiro atoms. The van der Waals surface area contributed by atoms with Gasteiger partial charge in [-0.05, 0) is 24.6 Å². The molecule has 0 aliphatic rings. The third-order valence-corrected chi connectivity index (χ3v) is 4.08. The van der Waals surface area contributed by atoms with Crippen LogP contribution in [0, 0.1) is 0 Å². The molecule has 118 valence electrons. The van der Waals surface area contributed by atoms with Crippen molar-refractivity contribution in [1.82, 2.24) is 4.98 Å². The predicted octanol–water partition coefficient (Wildman–Crippen LogP) is 4.83. The van der Waals surface area contributed by atoms with Crippen LogP contribution in [0.5, 0.6) is 5.88 Å². The first-order valence-electron chi connectivity index (χ1n) is 7.37. The number of aromatic nitrogens is 1. The van der Waals surface area contributed by atoms with E-state index in [2.05, 4.69) is 25.9 Å².